The minimum absolute atomic E-state index is 0.112. The Labute approximate surface area is 152 Å². The molecule has 0 spiro atoms. The van der Waals surface area contributed by atoms with Crippen molar-refractivity contribution in [3.05, 3.63) is 66.0 Å². The lowest BCUT2D eigenvalue weighted by molar-refractivity contribution is 0.340. The number of aromatic nitrogens is 3. The van der Waals surface area contributed by atoms with Crippen LogP contribution in [0.15, 0.2) is 54.9 Å². The summed E-state index contributed by atoms with van der Waals surface area (Å²) in [6.45, 7) is 2.65. The summed E-state index contributed by atoms with van der Waals surface area (Å²) in [4.78, 5) is 4.38. The maximum absolute atomic E-state index is 5.56. The number of anilines is 1. The van der Waals surface area contributed by atoms with Crippen molar-refractivity contribution in [2.75, 3.05) is 19.0 Å². The van der Waals surface area contributed by atoms with Gasteiger partial charge in [-0.3, -0.25) is 0 Å². The molecule has 6 heteroatoms. The van der Waals surface area contributed by atoms with Crippen molar-refractivity contribution in [2.45, 2.75) is 25.4 Å². The molecule has 0 bridgehead atoms. The van der Waals surface area contributed by atoms with Gasteiger partial charge in [0, 0.05) is 0 Å². The summed E-state index contributed by atoms with van der Waals surface area (Å²) in [5, 5.41) is 7.91. The molecule has 134 valence electrons. The second-order valence-corrected chi connectivity index (χ2v) is 6.26. The molecule has 0 aliphatic carbocycles. The molecule has 0 unspecified atom stereocenters. The van der Waals surface area contributed by atoms with E-state index in [1.165, 1.54) is 11.1 Å². The molecule has 0 fully saturated rings. The quantitative estimate of drug-likeness (QED) is 0.758. The second kappa shape index (κ2) is 7.07. The monoisotopic (exact) mass is 350 g/mol. The van der Waals surface area contributed by atoms with Crippen LogP contribution in [0.3, 0.4) is 0 Å². The molecule has 1 N–H and O–H groups in total. The fraction of sp³-hybridized carbons (Fsp3) is 0.300. The first-order valence-electron chi connectivity index (χ1n) is 8.81. The molecule has 2 aromatic carbocycles. The highest BCUT2D eigenvalue weighted by Crippen LogP contribution is 2.38. The van der Waals surface area contributed by atoms with Crippen LogP contribution in [0.1, 0.15) is 36.6 Å². The molecule has 0 saturated carbocycles. The lowest BCUT2D eigenvalue weighted by atomic mass is 9.93. The van der Waals surface area contributed by atoms with Crippen molar-refractivity contribution < 1.29 is 9.47 Å². The normalized spacial score (nSPS) is 18.7. The van der Waals surface area contributed by atoms with Crippen LogP contribution in [0.4, 0.5) is 5.95 Å². The Morgan fingerprint density at radius 2 is 1.96 bits per heavy atom. The van der Waals surface area contributed by atoms with Gasteiger partial charge in [0.15, 0.2) is 0 Å². The van der Waals surface area contributed by atoms with Gasteiger partial charge in [-0.15, -0.1) is 0 Å². The van der Waals surface area contributed by atoms with E-state index in [4.69, 9.17) is 9.47 Å². The van der Waals surface area contributed by atoms with E-state index < -0.39 is 0 Å². The third kappa shape index (κ3) is 3.10. The Morgan fingerprint density at radius 1 is 1.12 bits per heavy atom. The first-order chi connectivity index (χ1) is 12.8. The third-order valence-corrected chi connectivity index (χ3v) is 4.70. The number of benzene rings is 2. The number of ether oxygens (including phenoxy) is 2. The van der Waals surface area contributed by atoms with Crippen LogP contribution < -0.4 is 14.8 Å². The molecule has 3 aromatic rings. The van der Waals surface area contributed by atoms with Crippen molar-refractivity contribution in [1.29, 1.82) is 0 Å². The summed E-state index contributed by atoms with van der Waals surface area (Å²) >= 11 is 0. The number of nitrogens with zero attached hydrogens (tertiary/aromatic N) is 3. The molecule has 26 heavy (non-hydrogen) atoms. The van der Waals surface area contributed by atoms with Gasteiger partial charge in [-0.25, -0.2) is 4.68 Å². The third-order valence-electron chi connectivity index (χ3n) is 4.70. The summed E-state index contributed by atoms with van der Waals surface area (Å²) in [6.07, 6.45) is 2.47. The van der Waals surface area contributed by atoms with E-state index >= 15 is 0 Å². The fourth-order valence-corrected chi connectivity index (χ4v) is 3.43. The predicted molar refractivity (Wildman–Crippen MR) is 99.7 cm³/mol. The van der Waals surface area contributed by atoms with E-state index in [0.29, 0.717) is 6.61 Å². The Hall–Kier alpha value is -3.02. The molecule has 1 aliphatic rings. The van der Waals surface area contributed by atoms with E-state index in [2.05, 4.69) is 39.7 Å². The van der Waals surface area contributed by atoms with Crippen LogP contribution >= 0.6 is 0 Å². The Bertz CT molecular complexity index is 876. The summed E-state index contributed by atoms with van der Waals surface area (Å²) < 4.78 is 12.9. The van der Waals surface area contributed by atoms with E-state index in [1.54, 1.807) is 13.4 Å². The highest BCUT2D eigenvalue weighted by molar-refractivity contribution is 5.41. The van der Waals surface area contributed by atoms with Crippen molar-refractivity contribution in [1.82, 2.24) is 14.8 Å². The molecule has 4 rings (SSSR count). The van der Waals surface area contributed by atoms with Gasteiger partial charge < -0.3 is 14.8 Å². The maximum Gasteiger partial charge on any atom is 0.222 e. The maximum atomic E-state index is 5.56. The Balaban J connectivity index is 1.66. The Morgan fingerprint density at radius 3 is 2.73 bits per heavy atom. The SMILES string of the molecule is CCOc1ccc([C@H]2C[C@H](c3cccc(OC)c3)Nc3ncnn32)cc1. The second-order valence-electron chi connectivity index (χ2n) is 6.26. The van der Waals surface area contributed by atoms with Crippen molar-refractivity contribution >= 4 is 5.95 Å². The summed E-state index contributed by atoms with van der Waals surface area (Å²) in [6, 6.07) is 16.6. The molecule has 1 aromatic heterocycles. The highest BCUT2D eigenvalue weighted by Gasteiger charge is 2.30. The number of rotatable bonds is 5. The number of fused-ring (bicyclic) bond motifs is 1. The number of nitrogens with one attached hydrogen (secondary N) is 1. The van der Waals surface area contributed by atoms with Gasteiger partial charge >= 0.3 is 0 Å². The molecule has 0 amide bonds. The van der Waals surface area contributed by atoms with Gasteiger partial charge in [-0.2, -0.15) is 10.1 Å². The van der Waals surface area contributed by atoms with Crippen LogP contribution in [0.2, 0.25) is 0 Å². The van der Waals surface area contributed by atoms with Gasteiger partial charge in [0.1, 0.15) is 17.8 Å². The molecule has 6 nitrogen and oxygen atoms in total. The first-order valence-corrected chi connectivity index (χ1v) is 8.81. The summed E-state index contributed by atoms with van der Waals surface area (Å²) in [5.41, 5.74) is 2.36. The summed E-state index contributed by atoms with van der Waals surface area (Å²) in [5.74, 6) is 2.52. The van der Waals surface area contributed by atoms with E-state index in [1.807, 2.05) is 35.9 Å². The average Bonchev–Trinajstić information content (AvgIpc) is 3.17. The molecule has 0 radical (unpaired) electrons. The molecular formula is C20H22N4O2. The van der Waals surface area contributed by atoms with Gasteiger partial charge in [-0.05, 0) is 48.7 Å². The van der Waals surface area contributed by atoms with Crippen molar-refractivity contribution in [3.63, 3.8) is 0 Å². The van der Waals surface area contributed by atoms with Gasteiger partial charge in [0.2, 0.25) is 5.95 Å². The topological polar surface area (TPSA) is 61.2 Å². The number of hydrogen-bond donors (Lipinski definition) is 1. The largest absolute Gasteiger partial charge is 0.497 e. The van der Waals surface area contributed by atoms with E-state index in [-0.39, 0.29) is 12.1 Å². The average molecular weight is 350 g/mol. The summed E-state index contributed by atoms with van der Waals surface area (Å²) in [7, 11) is 1.69. The van der Waals surface area contributed by atoms with Crippen LogP contribution in [-0.4, -0.2) is 28.5 Å². The zero-order valence-corrected chi connectivity index (χ0v) is 14.9. The smallest absolute Gasteiger partial charge is 0.222 e. The van der Waals surface area contributed by atoms with Gasteiger partial charge in [0.25, 0.3) is 0 Å². The van der Waals surface area contributed by atoms with Crippen molar-refractivity contribution in [2.24, 2.45) is 0 Å². The minimum atomic E-state index is 0.112. The predicted octanol–water partition coefficient (Wildman–Crippen LogP) is 3.83. The van der Waals surface area contributed by atoms with Gasteiger partial charge in [0.05, 0.1) is 25.8 Å². The van der Waals surface area contributed by atoms with Crippen LogP contribution in [0.25, 0.3) is 0 Å². The van der Waals surface area contributed by atoms with Gasteiger partial charge in [-0.1, -0.05) is 24.3 Å². The van der Waals surface area contributed by atoms with Crippen LogP contribution in [0.5, 0.6) is 11.5 Å². The minimum Gasteiger partial charge on any atom is -0.497 e. The molecular weight excluding hydrogens is 328 g/mol. The lowest BCUT2D eigenvalue weighted by Crippen LogP contribution is -2.28. The molecule has 2 heterocycles. The zero-order chi connectivity index (χ0) is 17.9. The van der Waals surface area contributed by atoms with Crippen LogP contribution in [-0.2, 0) is 0 Å². The van der Waals surface area contributed by atoms with Crippen molar-refractivity contribution in [3.8, 4) is 11.5 Å². The number of methoxy groups -OCH3 is 1. The zero-order valence-electron chi connectivity index (χ0n) is 14.9. The Kier molecular flexibility index (Phi) is 4.48. The number of hydrogen-bond acceptors (Lipinski definition) is 5. The molecule has 2 atom stereocenters. The highest BCUT2D eigenvalue weighted by atomic mass is 16.5. The van der Waals surface area contributed by atoms with Crippen LogP contribution in [0, 0.1) is 0 Å². The standard InChI is InChI=1S/C20H22N4O2/c1-3-26-16-9-7-14(8-10-16)19-12-18(23-20-21-13-22-24(19)20)15-5-4-6-17(11-15)25-2/h4-11,13,18-19H,3,12H2,1-2H3,(H,21,22,23)/t18-,19-/m1/s1. The molecule has 1 aliphatic heterocycles. The lowest BCUT2D eigenvalue weighted by Gasteiger charge is -2.32. The molecule has 0 saturated heterocycles. The van der Waals surface area contributed by atoms with E-state index in [9.17, 15) is 0 Å². The van der Waals surface area contributed by atoms with E-state index in [0.717, 1.165) is 23.9 Å². The fourth-order valence-electron chi connectivity index (χ4n) is 3.43. The first kappa shape index (κ1) is 16.4.